The fraction of sp³-hybridized carbons (Fsp3) is 0.684. The van der Waals surface area contributed by atoms with Crippen LogP contribution in [0.4, 0.5) is 0 Å². The van der Waals surface area contributed by atoms with Gasteiger partial charge in [0.25, 0.3) is 0 Å². The summed E-state index contributed by atoms with van der Waals surface area (Å²) in [7, 11) is 0. The summed E-state index contributed by atoms with van der Waals surface area (Å²) in [6.45, 7) is 7.34. The Morgan fingerprint density at radius 3 is 2.35 bits per heavy atom. The average molecular weight is 276 g/mol. The van der Waals surface area contributed by atoms with Crippen LogP contribution in [0.25, 0.3) is 0 Å². The minimum absolute atomic E-state index is 0.756. The molecule has 0 atom stereocenters. The third kappa shape index (κ3) is 6.45. The van der Waals surface area contributed by atoms with Crippen LogP contribution in [-0.2, 0) is 4.74 Å². The Bertz CT molecular complexity index is 328. The van der Waals surface area contributed by atoms with E-state index in [4.69, 9.17) is 4.74 Å². The molecule has 0 saturated heterocycles. The topological polar surface area (TPSA) is 9.23 Å². The highest BCUT2D eigenvalue weighted by Gasteiger charge is 2.14. The Kier molecular flexibility index (Phi) is 9.19. The highest BCUT2D eigenvalue weighted by Crippen LogP contribution is 2.25. The molecule has 1 rings (SSSR count). The van der Waals surface area contributed by atoms with Gasteiger partial charge >= 0.3 is 0 Å². The molecule has 20 heavy (non-hydrogen) atoms. The van der Waals surface area contributed by atoms with Gasteiger partial charge in [-0.15, -0.1) is 0 Å². The molecule has 0 spiro atoms. The number of hydrogen-bond acceptors (Lipinski definition) is 1. The van der Waals surface area contributed by atoms with Crippen LogP contribution in [0.3, 0.4) is 0 Å². The molecule has 1 aliphatic carbocycles. The first-order chi connectivity index (χ1) is 9.81. The number of allylic oxidation sites excluding steroid dienone is 5. The SMILES string of the molecule is CC=CC=C(OCC1CCCCCC1)C(=CCC)CC. The molecule has 0 unspecified atom stereocenters. The summed E-state index contributed by atoms with van der Waals surface area (Å²) >= 11 is 0. The molecule has 114 valence electrons. The molecule has 0 amide bonds. The van der Waals surface area contributed by atoms with Crippen LogP contribution in [0.15, 0.2) is 35.6 Å². The van der Waals surface area contributed by atoms with Crippen molar-refractivity contribution in [2.45, 2.75) is 72.1 Å². The summed E-state index contributed by atoms with van der Waals surface area (Å²) in [5.74, 6) is 1.84. The second kappa shape index (κ2) is 10.8. The van der Waals surface area contributed by atoms with Crippen molar-refractivity contribution in [3.63, 3.8) is 0 Å². The zero-order chi connectivity index (χ0) is 14.6. The van der Waals surface area contributed by atoms with E-state index in [1.54, 1.807) is 0 Å². The van der Waals surface area contributed by atoms with Gasteiger partial charge in [0.2, 0.25) is 0 Å². The van der Waals surface area contributed by atoms with Crippen molar-refractivity contribution >= 4 is 0 Å². The molecule has 0 bridgehead atoms. The van der Waals surface area contributed by atoms with E-state index >= 15 is 0 Å². The van der Waals surface area contributed by atoms with Crippen molar-refractivity contribution in [1.82, 2.24) is 0 Å². The maximum absolute atomic E-state index is 6.19. The van der Waals surface area contributed by atoms with Crippen LogP contribution in [-0.4, -0.2) is 6.61 Å². The van der Waals surface area contributed by atoms with E-state index in [2.05, 4.69) is 45.1 Å². The van der Waals surface area contributed by atoms with E-state index in [-0.39, 0.29) is 0 Å². The molecular weight excluding hydrogens is 244 g/mol. The van der Waals surface area contributed by atoms with Crippen molar-refractivity contribution in [1.29, 1.82) is 0 Å². The minimum atomic E-state index is 0.756. The molecule has 0 aromatic heterocycles. The van der Waals surface area contributed by atoms with Gasteiger partial charge in [-0.1, -0.05) is 57.8 Å². The number of hydrogen-bond donors (Lipinski definition) is 0. The van der Waals surface area contributed by atoms with Gasteiger partial charge in [0.15, 0.2) is 0 Å². The molecule has 1 heteroatoms. The molecule has 1 fully saturated rings. The van der Waals surface area contributed by atoms with Crippen molar-refractivity contribution in [2.75, 3.05) is 6.61 Å². The lowest BCUT2D eigenvalue weighted by Crippen LogP contribution is -2.09. The number of ether oxygens (including phenoxy) is 1. The van der Waals surface area contributed by atoms with Crippen LogP contribution >= 0.6 is 0 Å². The lowest BCUT2D eigenvalue weighted by atomic mass is 10.0. The van der Waals surface area contributed by atoms with Gasteiger partial charge in [-0.2, -0.15) is 0 Å². The monoisotopic (exact) mass is 276 g/mol. The smallest absolute Gasteiger partial charge is 0.122 e. The van der Waals surface area contributed by atoms with Crippen molar-refractivity contribution < 1.29 is 4.74 Å². The molecule has 0 N–H and O–H groups in total. The lowest BCUT2D eigenvalue weighted by molar-refractivity contribution is 0.161. The Hall–Kier alpha value is -0.980. The summed E-state index contributed by atoms with van der Waals surface area (Å²) in [4.78, 5) is 0. The molecule has 1 nitrogen and oxygen atoms in total. The van der Waals surface area contributed by atoms with Gasteiger partial charge in [-0.3, -0.25) is 0 Å². The molecule has 0 aliphatic heterocycles. The van der Waals surface area contributed by atoms with Gasteiger partial charge in [0.1, 0.15) is 5.76 Å². The fourth-order valence-electron chi connectivity index (χ4n) is 2.84. The molecule has 0 aromatic rings. The van der Waals surface area contributed by atoms with Crippen molar-refractivity contribution in [3.8, 4) is 0 Å². The maximum atomic E-state index is 6.19. The maximum Gasteiger partial charge on any atom is 0.122 e. The quantitative estimate of drug-likeness (QED) is 0.306. The highest BCUT2D eigenvalue weighted by molar-refractivity contribution is 5.28. The van der Waals surface area contributed by atoms with Gasteiger partial charge in [0, 0.05) is 0 Å². The first-order valence-electron chi connectivity index (χ1n) is 8.46. The van der Waals surface area contributed by atoms with Crippen LogP contribution in [0, 0.1) is 5.92 Å². The van der Waals surface area contributed by atoms with Gasteiger partial charge < -0.3 is 4.74 Å². The van der Waals surface area contributed by atoms with E-state index in [0.29, 0.717) is 0 Å². The molecule has 0 radical (unpaired) electrons. The normalized spacial score (nSPS) is 19.4. The van der Waals surface area contributed by atoms with Crippen LogP contribution < -0.4 is 0 Å². The Labute approximate surface area is 125 Å². The second-order valence-corrected chi connectivity index (χ2v) is 5.72. The van der Waals surface area contributed by atoms with Crippen LogP contribution in [0.2, 0.25) is 0 Å². The highest BCUT2D eigenvalue weighted by atomic mass is 16.5. The van der Waals surface area contributed by atoms with E-state index in [0.717, 1.165) is 31.1 Å². The molecule has 0 aromatic carbocycles. The fourth-order valence-corrected chi connectivity index (χ4v) is 2.84. The van der Waals surface area contributed by atoms with E-state index in [1.807, 2.05) is 0 Å². The zero-order valence-corrected chi connectivity index (χ0v) is 13.7. The van der Waals surface area contributed by atoms with E-state index in [9.17, 15) is 0 Å². The molecule has 1 saturated carbocycles. The molecule has 1 aliphatic rings. The van der Waals surface area contributed by atoms with E-state index < -0.39 is 0 Å². The predicted octanol–water partition coefficient (Wildman–Crippen LogP) is 6.18. The molecular formula is C19H32O. The van der Waals surface area contributed by atoms with Gasteiger partial charge in [-0.25, -0.2) is 0 Å². The Morgan fingerprint density at radius 1 is 1.10 bits per heavy atom. The van der Waals surface area contributed by atoms with Crippen molar-refractivity contribution in [2.24, 2.45) is 5.92 Å². The third-order valence-electron chi connectivity index (χ3n) is 4.04. The summed E-state index contributed by atoms with van der Waals surface area (Å²) < 4.78 is 6.19. The summed E-state index contributed by atoms with van der Waals surface area (Å²) in [6, 6.07) is 0. The second-order valence-electron chi connectivity index (χ2n) is 5.72. The summed E-state index contributed by atoms with van der Waals surface area (Å²) in [6.07, 6.45) is 19.0. The molecule has 0 heterocycles. The Balaban J connectivity index is 2.62. The van der Waals surface area contributed by atoms with Crippen LogP contribution in [0.1, 0.15) is 72.1 Å². The van der Waals surface area contributed by atoms with E-state index in [1.165, 1.54) is 44.1 Å². The van der Waals surface area contributed by atoms with Crippen molar-refractivity contribution in [3.05, 3.63) is 35.6 Å². The zero-order valence-electron chi connectivity index (χ0n) is 13.7. The minimum Gasteiger partial charge on any atom is -0.493 e. The standard InChI is InChI=1S/C19H32O/c1-4-7-15-19(18(6-3)12-5-2)20-16-17-13-10-8-9-11-14-17/h4,7,12,15,17H,5-6,8-11,13-14,16H2,1-3H3. The number of rotatable bonds is 7. The van der Waals surface area contributed by atoms with Gasteiger partial charge in [-0.05, 0) is 50.2 Å². The first kappa shape index (κ1) is 17.1. The average Bonchev–Trinajstić information content (AvgIpc) is 2.74. The first-order valence-corrected chi connectivity index (χ1v) is 8.46. The van der Waals surface area contributed by atoms with Gasteiger partial charge in [0.05, 0.1) is 6.61 Å². The largest absolute Gasteiger partial charge is 0.493 e. The third-order valence-corrected chi connectivity index (χ3v) is 4.04. The van der Waals surface area contributed by atoms with Crippen LogP contribution in [0.5, 0.6) is 0 Å². The Morgan fingerprint density at radius 2 is 1.80 bits per heavy atom. The summed E-state index contributed by atoms with van der Waals surface area (Å²) in [5.41, 5.74) is 1.35. The lowest BCUT2D eigenvalue weighted by Gasteiger charge is -2.18. The predicted molar refractivity (Wildman–Crippen MR) is 88.7 cm³/mol. The summed E-state index contributed by atoms with van der Waals surface area (Å²) in [5, 5.41) is 0.